The summed E-state index contributed by atoms with van der Waals surface area (Å²) in [4.78, 5) is 9.83. The third-order valence-corrected chi connectivity index (χ3v) is 5.11. The second-order valence-corrected chi connectivity index (χ2v) is 6.81. The zero-order valence-corrected chi connectivity index (χ0v) is 12.8. The van der Waals surface area contributed by atoms with Crippen molar-refractivity contribution in [2.75, 3.05) is 31.1 Å². The Morgan fingerprint density at radius 3 is 2.95 bits per heavy atom. The Balaban J connectivity index is 1.45. The van der Waals surface area contributed by atoms with E-state index in [1.807, 2.05) is 6.20 Å². The van der Waals surface area contributed by atoms with Gasteiger partial charge in [0.1, 0.15) is 5.82 Å². The lowest BCUT2D eigenvalue weighted by atomic mass is 10.2. The molecule has 1 saturated carbocycles. The summed E-state index contributed by atoms with van der Waals surface area (Å²) >= 11 is 0. The van der Waals surface area contributed by atoms with E-state index in [0.717, 1.165) is 31.7 Å². The molecule has 3 heterocycles. The Morgan fingerprint density at radius 2 is 2.05 bits per heavy atom. The SMILES string of the molecule is c1cc(CNC2CC2)cc(N2CCCN3CCCC3C2)n1. The zero-order valence-electron chi connectivity index (χ0n) is 12.8. The Morgan fingerprint density at radius 1 is 1.14 bits per heavy atom. The predicted molar refractivity (Wildman–Crippen MR) is 85.5 cm³/mol. The van der Waals surface area contributed by atoms with Gasteiger partial charge in [0.15, 0.2) is 0 Å². The van der Waals surface area contributed by atoms with Crippen LogP contribution in [0, 0.1) is 0 Å². The van der Waals surface area contributed by atoms with Gasteiger partial charge in [0.25, 0.3) is 0 Å². The van der Waals surface area contributed by atoms with Crippen molar-refractivity contribution < 1.29 is 0 Å². The number of nitrogens with one attached hydrogen (secondary N) is 1. The smallest absolute Gasteiger partial charge is 0.128 e. The maximum Gasteiger partial charge on any atom is 0.128 e. The first-order valence-electron chi connectivity index (χ1n) is 8.56. The summed E-state index contributed by atoms with van der Waals surface area (Å²) in [6.07, 6.45) is 8.68. The van der Waals surface area contributed by atoms with Gasteiger partial charge in [0, 0.05) is 44.5 Å². The molecule has 2 saturated heterocycles. The van der Waals surface area contributed by atoms with Crippen LogP contribution in [-0.4, -0.2) is 48.1 Å². The van der Waals surface area contributed by atoms with Gasteiger partial charge in [-0.2, -0.15) is 0 Å². The van der Waals surface area contributed by atoms with Gasteiger partial charge in [-0.05, 0) is 56.3 Å². The van der Waals surface area contributed by atoms with Crippen molar-refractivity contribution in [1.29, 1.82) is 0 Å². The lowest BCUT2D eigenvalue weighted by Crippen LogP contribution is -2.37. The molecule has 3 fully saturated rings. The van der Waals surface area contributed by atoms with Gasteiger partial charge in [-0.1, -0.05) is 0 Å². The van der Waals surface area contributed by atoms with Crippen LogP contribution < -0.4 is 10.2 Å². The first-order valence-corrected chi connectivity index (χ1v) is 8.56. The molecule has 3 aliphatic rings. The van der Waals surface area contributed by atoms with E-state index in [4.69, 9.17) is 0 Å². The molecule has 4 rings (SSSR count). The normalized spacial score (nSPS) is 26.7. The maximum absolute atomic E-state index is 4.64. The van der Waals surface area contributed by atoms with Crippen molar-refractivity contribution in [1.82, 2.24) is 15.2 Å². The van der Waals surface area contributed by atoms with Crippen molar-refractivity contribution in [3.05, 3.63) is 23.9 Å². The summed E-state index contributed by atoms with van der Waals surface area (Å²) in [5.41, 5.74) is 1.37. The molecule has 0 amide bonds. The summed E-state index contributed by atoms with van der Waals surface area (Å²) in [6, 6.07) is 5.97. The predicted octanol–water partition coefficient (Wildman–Crippen LogP) is 2.01. The Hall–Kier alpha value is -1.13. The van der Waals surface area contributed by atoms with Gasteiger partial charge in [-0.3, -0.25) is 4.90 Å². The molecule has 0 bridgehead atoms. The summed E-state index contributed by atoms with van der Waals surface area (Å²) in [5.74, 6) is 1.18. The fraction of sp³-hybridized carbons (Fsp3) is 0.706. The number of anilines is 1. The van der Waals surface area contributed by atoms with E-state index in [2.05, 4.69) is 32.2 Å². The first kappa shape index (κ1) is 13.5. The van der Waals surface area contributed by atoms with Gasteiger partial charge < -0.3 is 10.2 Å². The third kappa shape index (κ3) is 3.22. The van der Waals surface area contributed by atoms with Crippen LogP contribution in [-0.2, 0) is 6.54 Å². The van der Waals surface area contributed by atoms with Crippen molar-refractivity contribution in [2.45, 2.75) is 50.7 Å². The van der Waals surface area contributed by atoms with Crippen molar-refractivity contribution >= 4 is 5.82 Å². The maximum atomic E-state index is 4.64. The summed E-state index contributed by atoms with van der Waals surface area (Å²) in [5, 5.41) is 3.60. The molecule has 1 atom stereocenters. The van der Waals surface area contributed by atoms with Gasteiger partial charge >= 0.3 is 0 Å². The fourth-order valence-electron chi connectivity index (χ4n) is 3.71. The van der Waals surface area contributed by atoms with Crippen molar-refractivity contribution in [3.8, 4) is 0 Å². The average molecular weight is 286 g/mol. The standard InChI is InChI=1S/C17H26N4/c1-3-16-13-21(10-2-9-20(16)8-1)17-11-14(6-7-18-17)12-19-15-4-5-15/h6-7,11,15-16,19H,1-5,8-10,12-13H2. The van der Waals surface area contributed by atoms with Crippen LogP contribution in [0.2, 0.25) is 0 Å². The van der Waals surface area contributed by atoms with Crippen LogP contribution in [0.4, 0.5) is 5.82 Å². The molecule has 0 radical (unpaired) electrons. The molecule has 114 valence electrons. The number of hydrogen-bond acceptors (Lipinski definition) is 4. The molecule has 1 aliphatic carbocycles. The molecule has 4 heteroatoms. The second-order valence-electron chi connectivity index (χ2n) is 6.81. The number of hydrogen-bond donors (Lipinski definition) is 1. The molecule has 1 aromatic rings. The minimum atomic E-state index is 0.752. The van der Waals surface area contributed by atoms with Crippen LogP contribution in [0.15, 0.2) is 18.3 Å². The van der Waals surface area contributed by atoms with Crippen LogP contribution in [0.3, 0.4) is 0 Å². The molecule has 0 aromatic carbocycles. The van der Waals surface area contributed by atoms with Crippen molar-refractivity contribution in [2.24, 2.45) is 0 Å². The third-order valence-electron chi connectivity index (χ3n) is 5.11. The molecular weight excluding hydrogens is 260 g/mol. The van der Waals surface area contributed by atoms with E-state index < -0.39 is 0 Å². The minimum Gasteiger partial charge on any atom is -0.355 e. The average Bonchev–Trinajstić information content (AvgIpc) is 3.28. The number of nitrogens with zero attached hydrogens (tertiary/aromatic N) is 3. The van der Waals surface area contributed by atoms with Crippen LogP contribution in [0.25, 0.3) is 0 Å². The van der Waals surface area contributed by atoms with Gasteiger partial charge in [-0.15, -0.1) is 0 Å². The van der Waals surface area contributed by atoms with Gasteiger partial charge in [0.2, 0.25) is 0 Å². The number of fused-ring (bicyclic) bond motifs is 1. The quantitative estimate of drug-likeness (QED) is 0.917. The summed E-state index contributed by atoms with van der Waals surface area (Å²) in [6.45, 7) is 5.87. The molecule has 0 spiro atoms. The highest BCUT2D eigenvalue weighted by atomic mass is 15.3. The topological polar surface area (TPSA) is 31.4 Å². The molecule has 1 aromatic heterocycles. The number of aromatic nitrogens is 1. The van der Waals surface area contributed by atoms with E-state index >= 15 is 0 Å². The Kier molecular flexibility index (Phi) is 3.82. The van der Waals surface area contributed by atoms with E-state index in [0.29, 0.717) is 0 Å². The lowest BCUT2D eigenvalue weighted by molar-refractivity contribution is 0.273. The van der Waals surface area contributed by atoms with Crippen LogP contribution in [0.5, 0.6) is 0 Å². The van der Waals surface area contributed by atoms with E-state index in [1.165, 1.54) is 56.6 Å². The molecule has 2 aliphatic heterocycles. The monoisotopic (exact) mass is 286 g/mol. The Labute approximate surface area is 127 Å². The highest BCUT2D eigenvalue weighted by Crippen LogP contribution is 2.25. The highest BCUT2D eigenvalue weighted by Gasteiger charge is 2.29. The largest absolute Gasteiger partial charge is 0.355 e. The number of pyridine rings is 1. The zero-order chi connectivity index (χ0) is 14.1. The molecule has 4 nitrogen and oxygen atoms in total. The molecule has 1 N–H and O–H groups in total. The first-order chi connectivity index (χ1) is 10.4. The van der Waals surface area contributed by atoms with E-state index in [1.54, 1.807) is 0 Å². The number of rotatable bonds is 4. The van der Waals surface area contributed by atoms with Crippen molar-refractivity contribution in [3.63, 3.8) is 0 Å². The van der Waals surface area contributed by atoms with E-state index in [9.17, 15) is 0 Å². The lowest BCUT2D eigenvalue weighted by Gasteiger charge is -2.26. The summed E-state index contributed by atoms with van der Waals surface area (Å²) < 4.78 is 0. The van der Waals surface area contributed by atoms with Crippen LogP contribution >= 0.6 is 0 Å². The summed E-state index contributed by atoms with van der Waals surface area (Å²) in [7, 11) is 0. The molecule has 21 heavy (non-hydrogen) atoms. The van der Waals surface area contributed by atoms with E-state index in [-0.39, 0.29) is 0 Å². The Bertz CT molecular complexity index is 485. The molecule has 1 unspecified atom stereocenters. The fourth-order valence-corrected chi connectivity index (χ4v) is 3.71. The highest BCUT2D eigenvalue weighted by molar-refractivity contribution is 5.41. The second kappa shape index (κ2) is 5.93. The van der Waals surface area contributed by atoms with Gasteiger partial charge in [0.05, 0.1) is 0 Å². The minimum absolute atomic E-state index is 0.752. The van der Waals surface area contributed by atoms with Gasteiger partial charge in [-0.25, -0.2) is 4.98 Å². The van der Waals surface area contributed by atoms with Crippen LogP contribution in [0.1, 0.15) is 37.7 Å². The molecular formula is C17H26N4.